The van der Waals surface area contributed by atoms with Gasteiger partial charge in [-0.1, -0.05) is 6.07 Å². The molecule has 1 spiro atoms. The summed E-state index contributed by atoms with van der Waals surface area (Å²) in [5.41, 5.74) is 5.07. The van der Waals surface area contributed by atoms with Crippen LogP contribution in [0.4, 0.5) is 15.9 Å². The lowest BCUT2D eigenvalue weighted by Gasteiger charge is -2.29. The maximum absolute atomic E-state index is 16.2. The van der Waals surface area contributed by atoms with E-state index in [2.05, 4.69) is 60.0 Å². The topological polar surface area (TPSA) is 147 Å². The Morgan fingerprint density at radius 2 is 1.75 bits per heavy atom. The van der Waals surface area contributed by atoms with Gasteiger partial charge >= 0.3 is 0 Å². The first-order valence-corrected chi connectivity index (χ1v) is 21.1. The molecule has 304 valence electrons. The molecule has 2 saturated heterocycles. The highest BCUT2D eigenvalue weighted by atomic mass is 32.1. The fraction of sp³-hybridized carbons (Fsp3) is 0.432. The maximum Gasteiger partial charge on any atom is 0.272 e. The lowest BCUT2D eigenvalue weighted by Crippen LogP contribution is -2.40. The van der Waals surface area contributed by atoms with Gasteiger partial charge in [0.2, 0.25) is 0 Å². The number of nitrogens with one attached hydrogen (secondary N) is 1. The fourth-order valence-corrected chi connectivity index (χ4v) is 10.4. The minimum absolute atomic E-state index is 0.00490. The number of amides is 1. The number of hydrogen-bond donors (Lipinski definition) is 1. The van der Waals surface area contributed by atoms with Crippen LogP contribution in [0.5, 0.6) is 11.5 Å². The van der Waals surface area contributed by atoms with E-state index < -0.39 is 0 Å². The number of carbonyl (C=O) groups excluding carboxylic acids is 1. The molecular formula is C44H47FN10O3S. The molecule has 3 aromatic heterocycles. The Morgan fingerprint density at radius 1 is 0.966 bits per heavy atom. The van der Waals surface area contributed by atoms with Crippen LogP contribution in [0.1, 0.15) is 101 Å². The normalized spacial score (nSPS) is 22.4. The van der Waals surface area contributed by atoms with Crippen molar-refractivity contribution in [2.75, 3.05) is 43.1 Å². The summed E-state index contributed by atoms with van der Waals surface area (Å²) in [6.07, 6.45) is 5.09. The lowest BCUT2D eigenvalue weighted by molar-refractivity contribution is 0.0888. The third kappa shape index (κ3) is 7.17. The van der Waals surface area contributed by atoms with E-state index in [4.69, 9.17) is 14.5 Å². The van der Waals surface area contributed by atoms with Crippen LogP contribution >= 0.6 is 11.3 Å². The number of nitrogens with zero attached hydrogens (tertiary/aromatic N) is 9. The molecule has 9 rings (SSSR count). The molecule has 6 heterocycles. The number of anilines is 2. The predicted molar refractivity (Wildman–Crippen MR) is 224 cm³/mol. The van der Waals surface area contributed by atoms with E-state index in [-0.39, 0.29) is 35.3 Å². The van der Waals surface area contributed by atoms with Crippen LogP contribution in [0, 0.1) is 43.3 Å². The number of aryl methyl sites for hydroxylation is 2. The first-order valence-electron chi connectivity index (χ1n) is 20.3. The Morgan fingerprint density at radius 3 is 2.47 bits per heavy atom. The minimum atomic E-state index is -0.249. The molecule has 3 aliphatic heterocycles. The second-order valence-corrected chi connectivity index (χ2v) is 17.6. The number of nitriles is 1. The van der Waals surface area contributed by atoms with E-state index in [1.54, 1.807) is 41.7 Å². The maximum atomic E-state index is 16.2. The van der Waals surface area contributed by atoms with Gasteiger partial charge in [-0.15, -0.1) is 31.7 Å². The monoisotopic (exact) mass is 814 g/mol. The smallest absolute Gasteiger partial charge is 0.272 e. The van der Waals surface area contributed by atoms with Crippen molar-refractivity contribution in [1.82, 2.24) is 30.3 Å². The Balaban J connectivity index is 0.804. The van der Waals surface area contributed by atoms with Crippen LogP contribution in [-0.4, -0.2) is 82.0 Å². The molecule has 2 aromatic carbocycles. The number of thiophene rings is 1. The van der Waals surface area contributed by atoms with Gasteiger partial charge in [-0.05, 0) is 108 Å². The molecule has 0 bridgehead atoms. The fourth-order valence-electron chi connectivity index (χ4n) is 9.22. The van der Waals surface area contributed by atoms with Crippen LogP contribution in [0.2, 0.25) is 0 Å². The standard InChI is InChI=1S/C44H47FN10O3S/c1-25-27(3)59-43-39(25)40(47-26(2)41-52-49-28(4)55(41)43)29-7-14-36(34(45)20-29)53-18-16-44(23-53)17-19-54(24-44)38-15-13-35(50-51-38)42(56)48-31-8-11-32(12-9-31)58-33-10-6-30(22-46)37(21-33)57-5/h6-7,10,13-15,20-21,26,31-32H,8-9,11-12,16-19,23-24H2,1-5H3,(H,48,56)/t26-,31?,32?,44?/m0/s1. The molecule has 3 fully saturated rings. The van der Waals surface area contributed by atoms with Crippen LogP contribution in [0.3, 0.4) is 0 Å². The Kier molecular flexibility index (Phi) is 10.1. The number of rotatable bonds is 8. The Bertz CT molecular complexity index is 2500. The van der Waals surface area contributed by atoms with E-state index in [1.807, 2.05) is 32.0 Å². The number of fused-ring (bicyclic) bond motifs is 3. The zero-order valence-electron chi connectivity index (χ0n) is 34.0. The van der Waals surface area contributed by atoms with Crippen molar-refractivity contribution in [3.05, 3.63) is 98.8 Å². The molecule has 1 aliphatic carbocycles. The molecule has 4 aliphatic rings. The number of hydrogen-bond acceptors (Lipinski definition) is 12. The molecule has 1 saturated carbocycles. The summed E-state index contributed by atoms with van der Waals surface area (Å²) >= 11 is 1.70. The lowest BCUT2D eigenvalue weighted by atomic mass is 9.86. The summed E-state index contributed by atoms with van der Waals surface area (Å²) in [6, 6.07) is 16.3. The third-order valence-corrected chi connectivity index (χ3v) is 13.8. The quantitative estimate of drug-likeness (QED) is 0.171. The molecule has 2 atom stereocenters. The molecule has 1 unspecified atom stereocenters. The van der Waals surface area contributed by atoms with Gasteiger partial charge in [-0.3, -0.25) is 14.4 Å². The summed E-state index contributed by atoms with van der Waals surface area (Å²) in [5.74, 6) is 3.02. The summed E-state index contributed by atoms with van der Waals surface area (Å²) in [6.45, 7) is 11.3. The van der Waals surface area contributed by atoms with Crippen molar-refractivity contribution in [2.45, 2.75) is 84.4 Å². The second kappa shape index (κ2) is 15.4. The van der Waals surface area contributed by atoms with E-state index in [0.29, 0.717) is 28.4 Å². The van der Waals surface area contributed by atoms with Gasteiger partial charge in [0.1, 0.15) is 40.3 Å². The highest BCUT2D eigenvalue weighted by Gasteiger charge is 2.44. The average Bonchev–Trinajstić information content (AvgIpc) is 4.02. The molecular weight excluding hydrogens is 768 g/mol. The number of aliphatic imine (C=N–C) groups is 1. The van der Waals surface area contributed by atoms with Gasteiger partial charge in [-0.2, -0.15) is 5.26 Å². The van der Waals surface area contributed by atoms with Crippen molar-refractivity contribution in [2.24, 2.45) is 10.4 Å². The molecule has 1 amide bonds. The highest BCUT2D eigenvalue weighted by molar-refractivity contribution is 7.15. The van der Waals surface area contributed by atoms with Crippen LogP contribution in [0.25, 0.3) is 5.00 Å². The van der Waals surface area contributed by atoms with Crippen LogP contribution in [-0.2, 0) is 0 Å². The zero-order valence-corrected chi connectivity index (χ0v) is 34.8. The largest absolute Gasteiger partial charge is 0.495 e. The number of carbonyl (C=O) groups is 1. The van der Waals surface area contributed by atoms with Gasteiger partial charge in [0.25, 0.3) is 5.91 Å². The Labute approximate surface area is 346 Å². The van der Waals surface area contributed by atoms with E-state index in [1.165, 1.54) is 12.0 Å². The minimum Gasteiger partial charge on any atom is -0.495 e. The number of aromatic nitrogens is 5. The molecule has 13 nitrogen and oxygen atoms in total. The summed E-state index contributed by atoms with van der Waals surface area (Å²) < 4.78 is 29.8. The molecule has 0 radical (unpaired) electrons. The van der Waals surface area contributed by atoms with Crippen molar-refractivity contribution in [3.8, 4) is 22.6 Å². The highest BCUT2D eigenvalue weighted by Crippen LogP contribution is 2.44. The number of methoxy groups -OCH3 is 1. The molecule has 15 heteroatoms. The number of benzene rings is 2. The summed E-state index contributed by atoms with van der Waals surface area (Å²) in [5, 5.41) is 31.0. The van der Waals surface area contributed by atoms with Crippen molar-refractivity contribution >= 4 is 34.5 Å². The third-order valence-electron chi connectivity index (χ3n) is 12.6. The summed E-state index contributed by atoms with van der Waals surface area (Å²) in [7, 11) is 1.54. The van der Waals surface area contributed by atoms with Crippen molar-refractivity contribution in [3.63, 3.8) is 0 Å². The average molecular weight is 815 g/mol. The van der Waals surface area contributed by atoms with Gasteiger partial charge in [-0.25, -0.2) is 4.39 Å². The SMILES string of the molecule is COc1cc(OC2CCC(NC(=O)c3ccc(N4CCC5(CCN(c6ccc(C7=N[C@@H](C)c8nnc(C)n8-c8sc(C)c(C)c87)cc6F)C5)C4)nn3)CC2)ccc1C#N. The molecule has 59 heavy (non-hydrogen) atoms. The molecule has 5 aromatic rings. The van der Waals surface area contributed by atoms with E-state index >= 15 is 4.39 Å². The van der Waals surface area contributed by atoms with Gasteiger partial charge < -0.3 is 24.6 Å². The van der Waals surface area contributed by atoms with Crippen molar-refractivity contribution in [1.29, 1.82) is 5.26 Å². The number of ether oxygens (including phenoxy) is 2. The van der Waals surface area contributed by atoms with Crippen molar-refractivity contribution < 1.29 is 18.7 Å². The first kappa shape index (κ1) is 38.6. The van der Waals surface area contributed by atoms with Gasteiger partial charge in [0, 0.05) is 59.7 Å². The summed E-state index contributed by atoms with van der Waals surface area (Å²) in [4.78, 5) is 23.9. The number of halogens is 1. The first-order chi connectivity index (χ1) is 28.5. The predicted octanol–water partition coefficient (Wildman–Crippen LogP) is 7.20. The molecule has 1 N–H and O–H groups in total. The Hall–Kier alpha value is -5.88. The second-order valence-electron chi connectivity index (χ2n) is 16.4. The van der Waals surface area contributed by atoms with E-state index in [9.17, 15) is 10.1 Å². The van der Waals surface area contributed by atoms with E-state index in [0.717, 1.165) is 110 Å². The van der Waals surface area contributed by atoms with Crippen LogP contribution < -0.4 is 24.6 Å². The zero-order chi connectivity index (χ0) is 41.0. The van der Waals surface area contributed by atoms with Gasteiger partial charge in [0.05, 0.1) is 30.2 Å². The van der Waals surface area contributed by atoms with Gasteiger partial charge in [0.15, 0.2) is 17.3 Å². The van der Waals surface area contributed by atoms with Crippen LogP contribution in [0.15, 0.2) is 53.5 Å².